The molecule has 23 heavy (non-hydrogen) atoms. The van der Waals surface area contributed by atoms with Crippen molar-refractivity contribution in [3.05, 3.63) is 34.9 Å². The van der Waals surface area contributed by atoms with Crippen LogP contribution in [0.2, 0.25) is 0 Å². The van der Waals surface area contributed by atoms with Gasteiger partial charge in [-0.05, 0) is 44.5 Å². The van der Waals surface area contributed by atoms with E-state index in [-0.39, 0.29) is 28.9 Å². The molecule has 0 atom stereocenters. The van der Waals surface area contributed by atoms with Crippen molar-refractivity contribution >= 4 is 18.3 Å². The Hall–Kier alpha value is -1.24. The smallest absolute Gasteiger partial charge is 0.254 e. The van der Waals surface area contributed by atoms with Gasteiger partial charge in [-0.15, -0.1) is 12.4 Å². The molecule has 2 N–H and O–H groups in total. The van der Waals surface area contributed by atoms with Gasteiger partial charge in [0.1, 0.15) is 11.6 Å². The molecule has 1 saturated heterocycles. The number of halogens is 3. The Morgan fingerprint density at radius 2 is 1.96 bits per heavy atom. The zero-order valence-corrected chi connectivity index (χ0v) is 14.2. The van der Waals surface area contributed by atoms with E-state index < -0.39 is 17.5 Å². The largest absolute Gasteiger partial charge is 0.384 e. The zero-order valence-electron chi connectivity index (χ0n) is 13.4. The van der Waals surface area contributed by atoms with Gasteiger partial charge in [0.15, 0.2) is 0 Å². The van der Waals surface area contributed by atoms with E-state index in [0.717, 1.165) is 32.0 Å². The minimum absolute atomic E-state index is 0. The Morgan fingerprint density at radius 3 is 2.57 bits per heavy atom. The third kappa shape index (κ3) is 4.86. The highest BCUT2D eigenvalue weighted by Gasteiger charge is 2.32. The van der Waals surface area contributed by atoms with Crippen molar-refractivity contribution in [2.24, 2.45) is 5.41 Å². The highest BCUT2D eigenvalue weighted by atomic mass is 35.5. The van der Waals surface area contributed by atoms with Gasteiger partial charge in [0, 0.05) is 25.1 Å². The van der Waals surface area contributed by atoms with Crippen molar-refractivity contribution in [3.8, 4) is 0 Å². The minimum atomic E-state index is -0.841. The lowest BCUT2D eigenvalue weighted by molar-refractivity contribution is 0.0511. The van der Waals surface area contributed by atoms with Crippen LogP contribution in [0.15, 0.2) is 12.1 Å². The van der Waals surface area contributed by atoms with Crippen LogP contribution in [0.5, 0.6) is 0 Å². The quantitative estimate of drug-likeness (QED) is 0.859. The second kappa shape index (κ2) is 8.57. The number of carbonyl (C=O) groups excluding carboxylic acids is 1. The van der Waals surface area contributed by atoms with Gasteiger partial charge < -0.3 is 15.4 Å². The van der Waals surface area contributed by atoms with Crippen LogP contribution in [0.4, 0.5) is 8.78 Å². The maximum absolute atomic E-state index is 13.8. The summed E-state index contributed by atoms with van der Waals surface area (Å²) >= 11 is 0. The van der Waals surface area contributed by atoms with Crippen LogP contribution >= 0.6 is 12.4 Å². The summed E-state index contributed by atoms with van der Waals surface area (Å²) in [6.45, 7) is 4.19. The summed E-state index contributed by atoms with van der Waals surface area (Å²) in [6.07, 6.45) is 1.76. The number of benzene rings is 1. The second-order valence-electron chi connectivity index (χ2n) is 5.95. The molecule has 1 fully saturated rings. The van der Waals surface area contributed by atoms with E-state index in [1.165, 1.54) is 13.0 Å². The van der Waals surface area contributed by atoms with Crippen LogP contribution < -0.4 is 10.6 Å². The van der Waals surface area contributed by atoms with E-state index in [4.69, 9.17) is 4.74 Å². The SMILES string of the molecule is COCC1(CNC(=O)c2cc(C)c(F)cc2F)CCNCC1.Cl. The third-order valence-corrected chi connectivity index (χ3v) is 4.23. The Kier molecular flexibility index (Phi) is 7.38. The number of methoxy groups -OCH3 is 1. The molecule has 0 radical (unpaired) electrons. The van der Waals surface area contributed by atoms with Gasteiger partial charge in [-0.25, -0.2) is 8.78 Å². The Bertz CT molecular complexity index is 544. The fourth-order valence-corrected chi connectivity index (χ4v) is 2.83. The van der Waals surface area contributed by atoms with Crippen LogP contribution in [0.25, 0.3) is 0 Å². The highest BCUT2D eigenvalue weighted by Crippen LogP contribution is 2.28. The fraction of sp³-hybridized carbons (Fsp3) is 0.562. The van der Waals surface area contributed by atoms with Crippen molar-refractivity contribution < 1.29 is 18.3 Å². The summed E-state index contributed by atoms with van der Waals surface area (Å²) in [5.74, 6) is -2.01. The van der Waals surface area contributed by atoms with Crippen molar-refractivity contribution in [1.29, 1.82) is 0 Å². The Labute approximate surface area is 141 Å². The zero-order chi connectivity index (χ0) is 16.2. The summed E-state index contributed by atoms with van der Waals surface area (Å²) in [4.78, 5) is 12.2. The van der Waals surface area contributed by atoms with Crippen LogP contribution in [-0.2, 0) is 4.74 Å². The summed E-state index contributed by atoms with van der Waals surface area (Å²) in [5.41, 5.74) is -0.0123. The molecule has 1 amide bonds. The van der Waals surface area contributed by atoms with E-state index in [0.29, 0.717) is 13.2 Å². The first kappa shape index (κ1) is 19.8. The maximum Gasteiger partial charge on any atom is 0.254 e. The molecular weight excluding hydrogens is 326 g/mol. The van der Waals surface area contributed by atoms with Crippen molar-refractivity contribution in [3.63, 3.8) is 0 Å². The van der Waals surface area contributed by atoms with Gasteiger partial charge in [-0.2, -0.15) is 0 Å². The molecule has 1 aromatic carbocycles. The molecule has 0 bridgehead atoms. The van der Waals surface area contributed by atoms with Gasteiger partial charge >= 0.3 is 0 Å². The molecule has 1 heterocycles. The number of rotatable bonds is 5. The number of aryl methyl sites for hydroxylation is 1. The number of nitrogens with one attached hydrogen (secondary N) is 2. The summed E-state index contributed by atoms with van der Waals surface area (Å²) < 4.78 is 32.3. The number of amides is 1. The maximum atomic E-state index is 13.8. The van der Waals surface area contributed by atoms with E-state index >= 15 is 0 Å². The predicted molar refractivity (Wildman–Crippen MR) is 87.1 cm³/mol. The number of hydrogen-bond donors (Lipinski definition) is 2. The first-order valence-corrected chi connectivity index (χ1v) is 7.41. The summed E-state index contributed by atoms with van der Waals surface area (Å²) in [5, 5.41) is 6.04. The lowest BCUT2D eigenvalue weighted by atomic mass is 9.79. The molecule has 7 heteroatoms. The average Bonchev–Trinajstić information content (AvgIpc) is 2.50. The monoisotopic (exact) mass is 348 g/mol. The van der Waals surface area contributed by atoms with E-state index in [9.17, 15) is 13.6 Å². The van der Waals surface area contributed by atoms with E-state index in [1.54, 1.807) is 7.11 Å². The number of hydrogen-bond acceptors (Lipinski definition) is 3. The molecule has 130 valence electrons. The van der Waals surface area contributed by atoms with E-state index in [1.807, 2.05) is 0 Å². The van der Waals surface area contributed by atoms with Gasteiger partial charge in [0.2, 0.25) is 0 Å². The number of piperidine rings is 1. The number of carbonyl (C=O) groups is 1. The molecule has 0 spiro atoms. The van der Waals surface area contributed by atoms with Crippen LogP contribution in [-0.4, -0.2) is 39.3 Å². The summed E-state index contributed by atoms with van der Waals surface area (Å²) in [6, 6.07) is 1.99. The lowest BCUT2D eigenvalue weighted by Gasteiger charge is -2.37. The summed E-state index contributed by atoms with van der Waals surface area (Å²) in [7, 11) is 1.63. The molecule has 0 unspecified atom stereocenters. The van der Waals surface area contributed by atoms with Crippen molar-refractivity contribution in [2.75, 3.05) is 33.4 Å². The Balaban J connectivity index is 0.00000264. The molecule has 0 aromatic heterocycles. The molecular formula is C16H23ClF2N2O2. The third-order valence-electron chi connectivity index (χ3n) is 4.23. The Morgan fingerprint density at radius 1 is 1.30 bits per heavy atom. The molecule has 0 aliphatic carbocycles. The van der Waals surface area contributed by atoms with E-state index in [2.05, 4.69) is 10.6 Å². The van der Waals surface area contributed by atoms with Crippen LogP contribution in [0.1, 0.15) is 28.8 Å². The predicted octanol–water partition coefficient (Wildman–Crippen LogP) is 2.44. The lowest BCUT2D eigenvalue weighted by Crippen LogP contribution is -2.47. The van der Waals surface area contributed by atoms with Crippen molar-refractivity contribution in [1.82, 2.24) is 10.6 Å². The van der Waals surface area contributed by atoms with Crippen molar-refractivity contribution in [2.45, 2.75) is 19.8 Å². The van der Waals surface area contributed by atoms with Gasteiger partial charge in [0.25, 0.3) is 5.91 Å². The molecule has 2 rings (SSSR count). The standard InChI is InChI=1S/C16H22F2N2O2.ClH/c1-11-7-12(14(18)8-13(11)17)15(21)20-9-16(10-22-2)3-5-19-6-4-16;/h7-8,19H,3-6,9-10H2,1-2H3,(H,20,21);1H. The normalized spacial score (nSPS) is 16.5. The highest BCUT2D eigenvalue weighted by molar-refractivity contribution is 5.94. The van der Waals surface area contributed by atoms with Gasteiger partial charge in [-0.1, -0.05) is 0 Å². The average molecular weight is 349 g/mol. The topological polar surface area (TPSA) is 50.4 Å². The van der Waals surface area contributed by atoms with Gasteiger partial charge in [-0.3, -0.25) is 4.79 Å². The molecule has 1 aliphatic heterocycles. The molecule has 4 nitrogen and oxygen atoms in total. The molecule has 1 aliphatic rings. The first-order chi connectivity index (χ1) is 10.5. The van der Waals surface area contributed by atoms with Gasteiger partial charge in [0.05, 0.1) is 12.2 Å². The fourth-order valence-electron chi connectivity index (χ4n) is 2.83. The van der Waals surface area contributed by atoms with Crippen LogP contribution in [0.3, 0.4) is 0 Å². The molecule has 0 saturated carbocycles. The minimum Gasteiger partial charge on any atom is -0.384 e. The number of ether oxygens (including phenoxy) is 1. The second-order valence-corrected chi connectivity index (χ2v) is 5.95. The first-order valence-electron chi connectivity index (χ1n) is 7.41. The van der Waals surface area contributed by atoms with Crippen LogP contribution in [0, 0.1) is 24.0 Å². The molecule has 1 aromatic rings.